The monoisotopic (exact) mass is 460 g/mol. The first kappa shape index (κ1) is 22.1. The lowest BCUT2D eigenvalue weighted by Crippen LogP contribution is -2.65. The first-order chi connectivity index (χ1) is 15.3. The van der Waals surface area contributed by atoms with Gasteiger partial charge in [0, 0.05) is 11.7 Å². The summed E-state index contributed by atoms with van der Waals surface area (Å²) in [6.07, 6.45) is 5.33. The fourth-order valence-corrected chi connectivity index (χ4v) is 4.74. The second-order valence-corrected chi connectivity index (χ2v) is 8.66. The van der Waals surface area contributed by atoms with Gasteiger partial charge in [0.1, 0.15) is 17.0 Å². The van der Waals surface area contributed by atoms with E-state index in [1.54, 1.807) is 25.1 Å². The van der Waals surface area contributed by atoms with Crippen LogP contribution in [0.1, 0.15) is 53.6 Å². The lowest BCUT2D eigenvalue weighted by Gasteiger charge is -2.44. The number of aromatic nitrogens is 2. The number of carbonyl (C=O) groups is 3. The van der Waals surface area contributed by atoms with Gasteiger partial charge in [-0.2, -0.15) is 0 Å². The molecule has 1 fully saturated rings. The molecule has 1 atom stereocenters. The molecule has 9 nitrogen and oxygen atoms in total. The van der Waals surface area contributed by atoms with Gasteiger partial charge in [-0.1, -0.05) is 24.4 Å². The molecule has 2 aliphatic rings. The maximum absolute atomic E-state index is 13.7. The number of nitrogens with one attached hydrogen (secondary N) is 1. The Bertz CT molecular complexity index is 1080. The van der Waals surface area contributed by atoms with E-state index in [2.05, 4.69) is 10.3 Å². The van der Waals surface area contributed by atoms with Gasteiger partial charge in [-0.05, 0) is 38.0 Å². The van der Waals surface area contributed by atoms with Crippen molar-refractivity contribution >= 4 is 35.1 Å². The Kier molecular flexibility index (Phi) is 5.85. The number of amides is 2. The summed E-state index contributed by atoms with van der Waals surface area (Å²) in [4.78, 5) is 45.0. The average molecular weight is 461 g/mol. The fourth-order valence-electron chi connectivity index (χ4n) is 4.49. The number of hydrogen-bond donors (Lipinski definition) is 1. The molecule has 1 aromatic heterocycles. The molecule has 0 bridgehead atoms. The highest BCUT2D eigenvalue weighted by atomic mass is 35.5. The highest BCUT2D eigenvalue weighted by Crippen LogP contribution is 2.37. The van der Waals surface area contributed by atoms with Crippen molar-refractivity contribution in [2.45, 2.75) is 50.7 Å². The SMILES string of the molecule is COC(=O)c1ncn2c1C(=O)N(c1ccc(OC)c(Cl)c1)[C@@](C)(C(=O)NC1CCCC1)C2. The summed E-state index contributed by atoms with van der Waals surface area (Å²) in [6.45, 7) is 1.81. The number of hydrogen-bond acceptors (Lipinski definition) is 6. The van der Waals surface area contributed by atoms with Crippen molar-refractivity contribution in [2.24, 2.45) is 0 Å². The van der Waals surface area contributed by atoms with Crippen LogP contribution in [-0.2, 0) is 16.1 Å². The Labute approximate surface area is 190 Å². The van der Waals surface area contributed by atoms with Crippen molar-refractivity contribution in [3.63, 3.8) is 0 Å². The van der Waals surface area contributed by atoms with Gasteiger partial charge >= 0.3 is 5.97 Å². The van der Waals surface area contributed by atoms with Crippen LogP contribution in [0.4, 0.5) is 5.69 Å². The van der Waals surface area contributed by atoms with Gasteiger partial charge in [0.05, 0.1) is 32.1 Å². The summed E-state index contributed by atoms with van der Waals surface area (Å²) >= 11 is 6.33. The molecule has 0 spiro atoms. The number of esters is 1. The third-order valence-electron chi connectivity index (χ3n) is 6.17. The molecule has 170 valence electrons. The minimum atomic E-state index is -1.28. The molecule has 32 heavy (non-hydrogen) atoms. The number of ether oxygens (including phenoxy) is 2. The highest BCUT2D eigenvalue weighted by molar-refractivity contribution is 6.32. The van der Waals surface area contributed by atoms with Crippen LogP contribution in [0.2, 0.25) is 5.02 Å². The van der Waals surface area contributed by atoms with Crippen molar-refractivity contribution < 1.29 is 23.9 Å². The highest BCUT2D eigenvalue weighted by Gasteiger charge is 2.50. The van der Waals surface area contributed by atoms with Crippen molar-refractivity contribution in [1.29, 1.82) is 0 Å². The summed E-state index contributed by atoms with van der Waals surface area (Å²) in [5.41, 5.74) is -0.901. The van der Waals surface area contributed by atoms with E-state index in [4.69, 9.17) is 21.1 Å². The number of benzene rings is 1. The molecule has 2 amide bonds. The van der Waals surface area contributed by atoms with Crippen molar-refractivity contribution in [1.82, 2.24) is 14.9 Å². The first-order valence-corrected chi connectivity index (χ1v) is 10.8. The molecule has 1 aromatic carbocycles. The van der Waals surface area contributed by atoms with E-state index < -0.39 is 17.4 Å². The maximum Gasteiger partial charge on any atom is 0.359 e. The largest absolute Gasteiger partial charge is 0.495 e. The van der Waals surface area contributed by atoms with Gasteiger partial charge in [0.25, 0.3) is 5.91 Å². The van der Waals surface area contributed by atoms with Crippen LogP contribution in [-0.4, -0.2) is 53.1 Å². The molecule has 1 N–H and O–H groups in total. The summed E-state index contributed by atoms with van der Waals surface area (Å²) < 4.78 is 11.5. The van der Waals surface area contributed by atoms with Crippen LogP contribution in [0.25, 0.3) is 0 Å². The minimum absolute atomic E-state index is 0.0648. The number of carbonyl (C=O) groups excluding carboxylic acids is 3. The van der Waals surface area contributed by atoms with E-state index in [1.165, 1.54) is 30.0 Å². The summed E-state index contributed by atoms with van der Waals surface area (Å²) in [5, 5.41) is 3.40. The number of halogens is 1. The van der Waals surface area contributed by atoms with Gasteiger partial charge in [0.15, 0.2) is 5.69 Å². The van der Waals surface area contributed by atoms with Gasteiger partial charge in [0.2, 0.25) is 5.91 Å². The predicted molar refractivity (Wildman–Crippen MR) is 117 cm³/mol. The smallest absolute Gasteiger partial charge is 0.359 e. The zero-order chi connectivity index (χ0) is 23.0. The number of nitrogens with zero attached hydrogens (tertiary/aromatic N) is 3. The minimum Gasteiger partial charge on any atom is -0.495 e. The molecule has 4 rings (SSSR count). The standard InChI is InChI=1S/C22H25ClN4O5/c1-22(21(30)25-13-6-4-5-7-13)11-26-12-24-17(20(29)32-3)18(26)19(28)27(22)14-8-9-16(31-2)15(23)10-14/h8-10,12-13H,4-7,11H2,1-3H3,(H,25,30)/t22-/m1/s1. The van der Waals surface area contributed by atoms with Gasteiger partial charge < -0.3 is 19.4 Å². The molecular formula is C22H25ClN4O5. The van der Waals surface area contributed by atoms with Crippen LogP contribution >= 0.6 is 11.6 Å². The van der Waals surface area contributed by atoms with E-state index in [-0.39, 0.29) is 29.9 Å². The summed E-state index contributed by atoms with van der Waals surface area (Å²) in [5.74, 6) is -1.10. The van der Waals surface area contributed by atoms with Gasteiger partial charge in [-0.3, -0.25) is 14.5 Å². The molecule has 0 unspecified atom stereocenters. The number of fused-ring (bicyclic) bond motifs is 1. The van der Waals surface area contributed by atoms with E-state index >= 15 is 0 Å². The predicted octanol–water partition coefficient (Wildman–Crippen LogP) is 2.81. The molecule has 1 aliphatic heterocycles. The number of imidazole rings is 1. The van der Waals surface area contributed by atoms with E-state index in [9.17, 15) is 14.4 Å². The van der Waals surface area contributed by atoms with Crippen LogP contribution in [0.3, 0.4) is 0 Å². The molecular weight excluding hydrogens is 436 g/mol. The van der Waals surface area contributed by atoms with E-state index in [0.717, 1.165) is 25.7 Å². The third-order valence-corrected chi connectivity index (χ3v) is 6.46. The number of methoxy groups -OCH3 is 2. The van der Waals surface area contributed by atoms with E-state index in [0.29, 0.717) is 16.5 Å². The van der Waals surface area contributed by atoms with Crippen molar-refractivity contribution in [3.05, 3.63) is 40.9 Å². The fraction of sp³-hybridized carbons (Fsp3) is 0.455. The van der Waals surface area contributed by atoms with Crippen LogP contribution in [0, 0.1) is 0 Å². The second-order valence-electron chi connectivity index (χ2n) is 8.25. The zero-order valence-electron chi connectivity index (χ0n) is 18.2. The quantitative estimate of drug-likeness (QED) is 0.688. The van der Waals surface area contributed by atoms with Gasteiger partial charge in [-0.25, -0.2) is 9.78 Å². The topological polar surface area (TPSA) is 103 Å². The Balaban J connectivity index is 1.82. The van der Waals surface area contributed by atoms with Crippen molar-refractivity contribution in [2.75, 3.05) is 19.1 Å². The van der Waals surface area contributed by atoms with Crippen LogP contribution < -0.4 is 15.0 Å². The van der Waals surface area contributed by atoms with Gasteiger partial charge in [-0.15, -0.1) is 0 Å². The molecule has 0 radical (unpaired) electrons. The first-order valence-electron chi connectivity index (χ1n) is 10.4. The maximum atomic E-state index is 13.7. The number of anilines is 1. The molecule has 2 heterocycles. The lowest BCUT2D eigenvalue weighted by molar-refractivity contribution is -0.127. The molecule has 1 aliphatic carbocycles. The second kappa shape index (κ2) is 8.46. The molecule has 10 heteroatoms. The molecule has 1 saturated carbocycles. The third kappa shape index (κ3) is 3.60. The number of rotatable bonds is 5. The summed E-state index contributed by atoms with van der Waals surface area (Å²) in [6, 6.07) is 4.94. The lowest BCUT2D eigenvalue weighted by atomic mass is 9.92. The Morgan fingerprint density at radius 1 is 1.25 bits per heavy atom. The Hall–Kier alpha value is -3.07. The normalized spacial score (nSPS) is 20.8. The van der Waals surface area contributed by atoms with Crippen LogP contribution in [0.15, 0.2) is 24.5 Å². The Morgan fingerprint density at radius 3 is 2.59 bits per heavy atom. The molecule has 2 aromatic rings. The van der Waals surface area contributed by atoms with Crippen LogP contribution in [0.5, 0.6) is 5.75 Å². The Morgan fingerprint density at radius 2 is 1.97 bits per heavy atom. The van der Waals surface area contributed by atoms with E-state index in [1.807, 2.05) is 0 Å². The van der Waals surface area contributed by atoms with Crippen molar-refractivity contribution in [3.8, 4) is 5.75 Å². The average Bonchev–Trinajstić information content (AvgIpc) is 3.43. The summed E-state index contributed by atoms with van der Waals surface area (Å²) in [7, 11) is 2.72. The molecule has 0 saturated heterocycles. The zero-order valence-corrected chi connectivity index (χ0v) is 18.9.